The van der Waals surface area contributed by atoms with Crippen LogP contribution in [0.15, 0.2) is 36.4 Å². The number of methoxy groups -OCH3 is 2. The third-order valence-corrected chi connectivity index (χ3v) is 6.07. The maximum atomic E-state index is 13.2. The number of benzene rings is 2. The van der Waals surface area contributed by atoms with Crippen LogP contribution in [0.1, 0.15) is 49.3 Å². The number of carbonyl (C=O) groups is 1. The van der Waals surface area contributed by atoms with E-state index < -0.39 is 0 Å². The van der Waals surface area contributed by atoms with Crippen LogP contribution in [0.4, 0.5) is 10.5 Å². The summed E-state index contributed by atoms with van der Waals surface area (Å²) in [6, 6.07) is 12.5. The van der Waals surface area contributed by atoms with Gasteiger partial charge >= 0.3 is 6.03 Å². The molecule has 1 saturated heterocycles. The number of hydrogen-bond acceptors (Lipinski definition) is 3. The lowest BCUT2D eigenvalue weighted by atomic mass is 9.96. The van der Waals surface area contributed by atoms with Gasteiger partial charge in [-0.3, -0.25) is 0 Å². The Morgan fingerprint density at radius 3 is 2.67 bits per heavy atom. The molecular weight excluding hydrogens is 376 g/mol. The van der Waals surface area contributed by atoms with Crippen molar-refractivity contribution in [2.75, 3.05) is 26.1 Å². The number of hydrogen-bond donors (Lipinski definition) is 1. The molecule has 1 N–H and O–H groups in total. The monoisotopic (exact) mass is 410 g/mol. The lowest BCUT2D eigenvalue weighted by Gasteiger charge is -2.36. The molecule has 2 amide bonds. The van der Waals surface area contributed by atoms with Crippen molar-refractivity contribution >= 4 is 11.7 Å². The molecule has 162 valence electrons. The summed E-state index contributed by atoms with van der Waals surface area (Å²) < 4.78 is 10.8. The number of urea groups is 1. The maximum Gasteiger partial charge on any atom is 0.322 e. The third-order valence-electron chi connectivity index (χ3n) is 6.07. The first-order valence-corrected chi connectivity index (χ1v) is 10.9. The fourth-order valence-corrected chi connectivity index (χ4v) is 4.32. The summed E-state index contributed by atoms with van der Waals surface area (Å²) in [5.41, 5.74) is 4.46. The van der Waals surface area contributed by atoms with E-state index in [0.717, 1.165) is 61.4 Å². The topological polar surface area (TPSA) is 50.8 Å². The van der Waals surface area contributed by atoms with Crippen molar-refractivity contribution in [1.29, 1.82) is 0 Å². The predicted octanol–water partition coefficient (Wildman–Crippen LogP) is 5.59. The van der Waals surface area contributed by atoms with E-state index in [0.29, 0.717) is 0 Å². The van der Waals surface area contributed by atoms with Crippen molar-refractivity contribution in [1.82, 2.24) is 4.90 Å². The molecule has 1 fully saturated rings. The van der Waals surface area contributed by atoms with Gasteiger partial charge in [0, 0.05) is 18.3 Å². The largest absolute Gasteiger partial charge is 0.493 e. The van der Waals surface area contributed by atoms with Gasteiger partial charge < -0.3 is 19.7 Å². The number of nitrogens with one attached hydrogen (secondary N) is 1. The first kappa shape index (κ1) is 22.0. The summed E-state index contributed by atoms with van der Waals surface area (Å²) in [6.07, 6.45) is 6.03. The Kier molecular flexibility index (Phi) is 7.61. The number of piperidine rings is 1. The third kappa shape index (κ3) is 5.07. The van der Waals surface area contributed by atoms with E-state index in [2.05, 4.69) is 43.4 Å². The molecule has 2 aromatic rings. The van der Waals surface area contributed by atoms with Crippen LogP contribution in [0.5, 0.6) is 11.5 Å². The lowest BCUT2D eigenvalue weighted by Crippen LogP contribution is -2.46. The highest BCUT2D eigenvalue weighted by Gasteiger charge is 2.27. The molecule has 0 saturated carbocycles. The highest BCUT2D eigenvalue weighted by Crippen LogP contribution is 2.30. The maximum absolute atomic E-state index is 13.2. The van der Waals surface area contributed by atoms with Crippen molar-refractivity contribution < 1.29 is 14.3 Å². The van der Waals surface area contributed by atoms with E-state index in [4.69, 9.17) is 9.47 Å². The smallest absolute Gasteiger partial charge is 0.322 e. The summed E-state index contributed by atoms with van der Waals surface area (Å²) in [6.45, 7) is 4.99. The lowest BCUT2D eigenvalue weighted by molar-refractivity contribution is 0.158. The van der Waals surface area contributed by atoms with E-state index >= 15 is 0 Å². The zero-order valence-electron chi connectivity index (χ0n) is 18.7. The Hall–Kier alpha value is -2.69. The second-order valence-electron chi connectivity index (χ2n) is 7.96. The van der Waals surface area contributed by atoms with Gasteiger partial charge in [-0.15, -0.1) is 0 Å². The summed E-state index contributed by atoms with van der Waals surface area (Å²) in [5.74, 6) is 1.49. The van der Waals surface area contributed by atoms with E-state index in [9.17, 15) is 4.79 Å². The van der Waals surface area contributed by atoms with Crippen molar-refractivity contribution in [3.63, 3.8) is 0 Å². The average Bonchev–Trinajstić information content (AvgIpc) is 2.78. The molecule has 0 spiro atoms. The number of aryl methyl sites for hydroxylation is 3. The van der Waals surface area contributed by atoms with Gasteiger partial charge in [0.15, 0.2) is 11.5 Å². The van der Waals surface area contributed by atoms with Crippen LogP contribution < -0.4 is 14.8 Å². The Morgan fingerprint density at radius 2 is 1.93 bits per heavy atom. The minimum atomic E-state index is 0.0241. The minimum Gasteiger partial charge on any atom is -0.493 e. The van der Waals surface area contributed by atoms with E-state index in [1.807, 2.05) is 17.0 Å². The number of carbonyl (C=O) groups excluding carboxylic acids is 1. The highest BCUT2D eigenvalue weighted by molar-refractivity contribution is 5.91. The van der Waals surface area contributed by atoms with Crippen LogP contribution in [0.2, 0.25) is 0 Å². The van der Waals surface area contributed by atoms with Crippen molar-refractivity contribution in [2.24, 2.45) is 0 Å². The van der Waals surface area contributed by atoms with Crippen molar-refractivity contribution in [2.45, 2.75) is 58.4 Å². The normalized spacial score (nSPS) is 16.3. The van der Waals surface area contributed by atoms with Gasteiger partial charge in [0.25, 0.3) is 0 Å². The average molecular weight is 411 g/mol. The van der Waals surface area contributed by atoms with Crippen LogP contribution in [-0.4, -0.2) is 37.7 Å². The van der Waals surface area contributed by atoms with Crippen molar-refractivity contribution in [3.8, 4) is 11.5 Å². The van der Waals surface area contributed by atoms with Gasteiger partial charge in [-0.05, 0) is 74.3 Å². The molecule has 0 unspecified atom stereocenters. The Bertz CT molecular complexity index is 865. The molecule has 0 bridgehead atoms. The molecule has 5 heteroatoms. The zero-order valence-corrected chi connectivity index (χ0v) is 18.7. The van der Waals surface area contributed by atoms with E-state index in [1.165, 1.54) is 17.5 Å². The van der Waals surface area contributed by atoms with E-state index in [-0.39, 0.29) is 12.1 Å². The summed E-state index contributed by atoms with van der Waals surface area (Å²) >= 11 is 0. The molecule has 3 rings (SSSR count). The number of rotatable bonds is 7. The number of amides is 2. The minimum absolute atomic E-state index is 0.0241. The first-order chi connectivity index (χ1) is 14.6. The summed E-state index contributed by atoms with van der Waals surface area (Å²) in [4.78, 5) is 15.2. The number of nitrogens with zero attached hydrogens (tertiary/aromatic N) is 1. The molecule has 0 radical (unpaired) electrons. The first-order valence-electron chi connectivity index (χ1n) is 10.9. The quantitative estimate of drug-likeness (QED) is 0.647. The number of likely N-dealkylation sites (tertiary alicyclic amines) is 1. The van der Waals surface area contributed by atoms with Crippen LogP contribution in [0.25, 0.3) is 0 Å². The van der Waals surface area contributed by atoms with Gasteiger partial charge in [0.2, 0.25) is 0 Å². The fraction of sp³-hybridized carbons (Fsp3) is 0.480. The second-order valence-corrected chi connectivity index (χ2v) is 7.96. The SMILES string of the molecule is CCc1cccc(C)c1NC(=O)N1CCCC[C@@H]1CCc1ccc(OC)c(OC)c1. The standard InChI is InChI=1S/C25H34N2O3/c1-5-20-10-8-9-18(2)24(20)26-25(28)27-16-7-6-11-21(27)14-12-19-13-15-22(29-3)23(17-19)30-4/h8-10,13,15,17,21H,5-7,11-12,14,16H2,1-4H3,(H,26,28)/t21-/m1/s1. The fourth-order valence-electron chi connectivity index (χ4n) is 4.32. The van der Waals surface area contributed by atoms with Crippen LogP contribution in [-0.2, 0) is 12.8 Å². The summed E-state index contributed by atoms with van der Waals surface area (Å²) in [7, 11) is 3.30. The molecule has 5 nitrogen and oxygen atoms in total. The molecular formula is C25H34N2O3. The molecule has 0 aromatic heterocycles. The Balaban J connectivity index is 1.69. The number of anilines is 1. The van der Waals surface area contributed by atoms with E-state index in [1.54, 1.807) is 14.2 Å². The number of para-hydroxylation sites is 1. The van der Waals surface area contributed by atoms with Gasteiger partial charge in [-0.25, -0.2) is 4.79 Å². The Morgan fingerprint density at radius 1 is 1.13 bits per heavy atom. The summed E-state index contributed by atoms with van der Waals surface area (Å²) in [5, 5.41) is 3.21. The molecule has 1 aliphatic heterocycles. The Labute approximate surface area is 180 Å². The van der Waals surface area contributed by atoms with Gasteiger partial charge in [0.05, 0.1) is 14.2 Å². The van der Waals surface area contributed by atoms with Gasteiger partial charge in [0.1, 0.15) is 0 Å². The molecule has 30 heavy (non-hydrogen) atoms. The van der Waals surface area contributed by atoms with Crippen LogP contribution >= 0.6 is 0 Å². The van der Waals surface area contributed by atoms with Crippen molar-refractivity contribution in [3.05, 3.63) is 53.1 Å². The predicted molar refractivity (Wildman–Crippen MR) is 122 cm³/mol. The molecule has 1 atom stereocenters. The van der Waals surface area contributed by atoms with Gasteiger partial charge in [-0.2, -0.15) is 0 Å². The number of ether oxygens (including phenoxy) is 2. The van der Waals surface area contributed by atoms with Crippen LogP contribution in [0.3, 0.4) is 0 Å². The molecule has 2 aromatic carbocycles. The second kappa shape index (κ2) is 10.4. The highest BCUT2D eigenvalue weighted by atomic mass is 16.5. The molecule has 1 heterocycles. The van der Waals surface area contributed by atoms with Gasteiger partial charge in [-0.1, -0.05) is 31.2 Å². The zero-order chi connectivity index (χ0) is 21.5. The molecule has 1 aliphatic rings. The molecule has 0 aliphatic carbocycles. The van der Waals surface area contributed by atoms with Crippen LogP contribution in [0, 0.1) is 6.92 Å².